The van der Waals surface area contributed by atoms with Gasteiger partial charge in [0.25, 0.3) is 0 Å². The molecule has 0 spiro atoms. The highest BCUT2D eigenvalue weighted by atomic mass is 19.1. The van der Waals surface area contributed by atoms with Crippen LogP contribution in [0, 0.1) is 12.7 Å². The van der Waals surface area contributed by atoms with E-state index in [1.807, 2.05) is 19.1 Å². The van der Waals surface area contributed by atoms with Crippen molar-refractivity contribution in [2.45, 2.75) is 13.3 Å². The maximum atomic E-state index is 12.8. The molecule has 0 aliphatic heterocycles. The molecule has 0 radical (unpaired) electrons. The average Bonchev–Trinajstić information content (AvgIpc) is 2.50. The number of hydrogen-bond donors (Lipinski definition) is 2. The van der Waals surface area contributed by atoms with Gasteiger partial charge in [-0.15, -0.1) is 0 Å². The highest BCUT2D eigenvalue weighted by Gasteiger charge is 2.07. The number of anilines is 1. The Balaban J connectivity index is 1.76. The molecule has 0 aliphatic carbocycles. The van der Waals surface area contributed by atoms with E-state index < -0.39 is 0 Å². The van der Waals surface area contributed by atoms with Crippen LogP contribution in [0.3, 0.4) is 0 Å². The molecule has 114 valence electrons. The third kappa shape index (κ3) is 5.01. The van der Waals surface area contributed by atoms with Crippen LogP contribution >= 0.6 is 0 Å². The zero-order valence-corrected chi connectivity index (χ0v) is 12.2. The lowest BCUT2D eigenvalue weighted by molar-refractivity contribution is -0.123. The summed E-state index contributed by atoms with van der Waals surface area (Å²) in [6, 6.07) is 13.1. The maximum Gasteiger partial charge on any atom is 0.243 e. The van der Waals surface area contributed by atoms with E-state index in [0.29, 0.717) is 11.3 Å². The molecule has 0 saturated carbocycles. The minimum absolute atomic E-state index is 0.103. The van der Waals surface area contributed by atoms with Gasteiger partial charge in [0.1, 0.15) is 5.82 Å². The number of benzene rings is 2. The summed E-state index contributed by atoms with van der Waals surface area (Å²) in [6.07, 6.45) is 0.109. The first-order valence-corrected chi connectivity index (χ1v) is 6.90. The molecule has 2 N–H and O–H groups in total. The molecule has 2 amide bonds. The van der Waals surface area contributed by atoms with Gasteiger partial charge in [0, 0.05) is 5.69 Å². The second kappa shape index (κ2) is 7.36. The quantitative estimate of drug-likeness (QED) is 0.891. The van der Waals surface area contributed by atoms with Crippen molar-refractivity contribution in [1.82, 2.24) is 5.32 Å². The predicted octanol–water partition coefficient (Wildman–Crippen LogP) is 2.43. The summed E-state index contributed by atoms with van der Waals surface area (Å²) in [6.45, 7) is 1.86. The van der Waals surface area contributed by atoms with E-state index >= 15 is 0 Å². The number of halogens is 1. The van der Waals surface area contributed by atoms with Crippen molar-refractivity contribution in [1.29, 1.82) is 0 Å². The second-order valence-corrected chi connectivity index (χ2v) is 4.99. The van der Waals surface area contributed by atoms with E-state index in [4.69, 9.17) is 0 Å². The number of nitrogens with one attached hydrogen (secondary N) is 2. The second-order valence-electron chi connectivity index (χ2n) is 4.99. The van der Waals surface area contributed by atoms with Crippen molar-refractivity contribution in [3.05, 3.63) is 65.5 Å². The van der Waals surface area contributed by atoms with Crippen LogP contribution in [-0.4, -0.2) is 18.4 Å². The summed E-state index contributed by atoms with van der Waals surface area (Å²) in [5, 5.41) is 5.23. The molecular formula is C17H17FN2O2. The molecule has 0 aliphatic rings. The standard InChI is InChI=1S/C17H17FN2O2/c1-12-2-8-15(9-3-12)20-17(22)11-19-16(21)10-13-4-6-14(18)7-5-13/h2-9H,10-11H2,1H3,(H,19,21)(H,20,22). The Morgan fingerprint density at radius 2 is 1.59 bits per heavy atom. The van der Waals surface area contributed by atoms with Crippen molar-refractivity contribution in [2.24, 2.45) is 0 Å². The van der Waals surface area contributed by atoms with Crippen LogP contribution < -0.4 is 10.6 Å². The Morgan fingerprint density at radius 1 is 0.955 bits per heavy atom. The highest BCUT2D eigenvalue weighted by molar-refractivity contribution is 5.94. The zero-order valence-electron chi connectivity index (χ0n) is 12.2. The van der Waals surface area contributed by atoms with Crippen LogP contribution in [0.25, 0.3) is 0 Å². The fourth-order valence-corrected chi connectivity index (χ4v) is 1.87. The van der Waals surface area contributed by atoms with Gasteiger partial charge >= 0.3 is 0 Å². The van der Waals surface area contributed by atoms with E-state index in [1.54, 1.807) is 24.3 Å². The predicted molar refractivity (Wildman–Crippen MR) is 82.9 cm³/mol. The fraction of sp³-hybridized carbons (Fsp3) is 0.176. The summed E-state index contributed by atoms with van der Waals surface area (Å²) in [4.78, 5) is 23.4. The van der Waals surface area contributed by atoms with Crippen LogP contribution in [0.15, 0.2) is 48.5 Å². The molecule has 0 bridgehead atoms. The number of carbonyl (C=O) groups excluding carboxylic acids is 2. The van der Waals surface area contributed by atoms with E-state index in [0.717, 1.165) is 5.56 Å². The first kappa shape index (κ1) is 15.7. The third-order valence-electron chi connectivity index (χ3n) is 3.06. The molecule has 22 heavy (non-hydrogen) atoms. The minimum Gasteiger partial charge on any atom is -0.347 e. The molecule has 0 saturated heterocycles. The molecule has 0 aromatic heterocycles. The summed E-state index contributed by atoms with van der Waals surface area (Å²) >= 11 is 0. The van der Waals surface area contributed by atoms with Gasteiger partial charge in [-0.3, -0.25) is 9.59 Å². The van der Waals surface area contributed by atoms with Crippen molar-refractivity contribution in [2.75, 3.05) is 11.9 Å². The summed E-state index contributed by atoms with van der Waals surface area (Å²) < 4.78 is 12.8. The van der Waals surface area contributed by atoms with Crippen LogP contribution in [0.5, 0.6) is 0 Å². The average molecular weight is 300 g/mol. The summed E-state index contributed by atoms with van der Waals surface area (Å²) in [5.74, 6) is -0.927. The lowest BCUT2D eigenvalue weighted by Crippen LogP contribution is -2.33. The van der Waals surface area contributed by atoms with Gasteiger partial charge in [0.15, 0.2) is 0 Å². The van der Waals surface area contributed by atoms with Crippen molar-refractivity contribution in [3.8, 4) is 0 Å². The van der Waals surface area contributed by atoms with Crippen molar-refractivity contribution in [3.63, 3.8) is 0 Å². The number of rotatable bonds is 5. The minimum atomic E-state index is -0.346. The lowest BCUT2D eigenvalue weighted by atomic mass is 10.1. The van der Waals surface area contributed by atoms with Gasteiger partial charge in [0.2, 0.25) is 11.8 Å². The third-order valence-corrected chi connectivity index (χ3v) is 3.06. The molecule has 0 atom stereocenters. The lowest BCUT2D eigenvalue weighted by Gasteiger charge is -2.07. The number of hydrogen-bond acceptors (Lipinski definition) is 2. The summed E-state index contributed by atoms with van der Waals surface area (Å²) in [5.41, 5.74) is 2.48. The first-order valence-electron chi connectivity index (χ1n) is 6.90. The Kier molecular flexibility index (Phi) is 5.25. The van der Waals surface area contributed by atoms with Gasteiger partial charge in [-0.25, -0.2) is 4.39 Å². The largest absolute Gasteiger partial charge is 0.347 e. The van der Waals surface area contributed by atoms with Gasteiger partial charge in [-0.1, -0.05) is 29.8 Å². The van der Waals surface area contributed by atoms with Gasteiger partial charge in [-0.2, -0.15) is 0 Å². The van der Waals surface area contributed by atoms with E-state index in [2.05, 4.69) is 10.6 Å². The van der Waals surface area contributed by atoms with Crippen molar-refractivity contribution >= 4 is 17.5 Å². The summed E-state index contributed by atoms with van der Waals surface area (Å²) in [7, 11) is 0. The van der Waals surface area contributed by atoms with E-state index in [1.165, 1.54) is 12.1 Å². The molecule has 2 aromatic rings. The van der Waals surface area contributed by atoms with Crippen LogP contribution in [0.1, 0.15) is 11.1 Å². The molecule has 0 fully saturated rings. The highest BCUT2D eigenvalue weighted by Crippen LogP contribution is 2.08. The Morgan fingerprint density at radius 3 is 2.23 bits per heavy atom. The molecule has 2 rings (SSSR count). The monoisotopic (exact) mass is 300 g/mol. The maximum absolute atomic E-state index is 12.8. The van der Waals surface area contributed by atoms with Crippen LogP contribution in [-0.2, 0) is 16.0 Å². The number of carbonyl (C=O) groups is 2. The smallest absolute Gasteiger partial charge is 0.243 e. The normalized spacial score (nSPS) is 10.1. The molecule has 0 unspecified atom stereocenters. The Labute approximate surface area is 128 Å². The molecule has 2 aromatic carbocycles. The van der Waals surface area contributed by atoms with E-state index in [9.17, 15) is 14.0 Å². The molecule has 0 heterocycles. The molecule has 5 heteroatoms. The van der Waals surface area contributed by atoms with Crippen molar-refractivity contribution < 1.29 is 14.0 Å². The Bertz CT molecular complexity index is 592. The zero-order chi connectivity index (χ0) is 15.9. The van der Waals surface area contributed by atoms with Gasteiger partial charge < -0.3 is 10.6 Å². The van der Waals surface area contributed by atoms with Gasteiger partial charge in [-0.05, 0) is 36.8 Å². The topological polar surface area (TPSA) is 58.2 Å². The van der Waals surface area contributed by atoms with E-state index in [-0.39, 0.29) is 30.6 Å². The first-order chi connectivity index (χ1) is 10.5. The number of amides is 2. The fourth-order valence-electron chi connectivity index (χ4n) is 1.87. The SMILES string of the molecule is Cc1ccc(NC(=O)CNC(=O)Cc2ccc(F)cc2)cc1. The Hall–Kier alpha value is -2.69. The molecular weight excluding hydrogens is 283 g/mol. The van der Waals surface area contributed by atoms with Gasteiger partial charge in [0.05, 0.1) is 13.0 Å². The molecule has 4 nitrogen and oxygen atoms in total. The number of aryl methyl sites for hydroxylation is 1. The van der Waals surface area contributed by atoms with Crippen LogP contribution in [0.2, 0.25) is 0 Å². The van der Waals surface area contributed by atoms with Crippen LogP contribution in [0.4, 0.5) is 10.1 Å².